The van der Waals surface area contributed by atoms with Gasteiger partial charge in [-0.25, -0.2) is 0 Å². The Morgan fingerprint density at radius 3 is 2.63 bits per heavy atom. The minimum atomic E-state index is -0.147. The molecule has 19 heavy (non-hydrogen) atoms. The summed E-state index contributed by atoms with van der Waals surface area (Å²) in [6.45, 7) is 2.07. The molecule has 1 aromatic heterocycles. The summed E-state index contributed by atoms with van der Waals surface area (Å²) in [6, 6.07) is 11.9. The van der Waals surface area contributed by atoms with Gasteiger partial charge in [0.25, 0.3) is 0 Å². The lowest BCUT2D eigenvalue weighted by Gasteiger charge is -2.24. The van der Waals surface area contributed by atoms with Crippen molar-refractivity contribution in [1.29, 1.82) is 0 Å². The van der Waals surface area contributed by atoms with Crippen molar-refractivity contribution >= 4 is 22.6 Å². The number of hydrogen-bond donors (Lipinski definition) is 1. The Morgan fingerprint density at radius 2 is 2.00 bits per heavy atom. The smallest absolute Gasteiger partial charge is 0.139 e. The van der Waals surface area contributed by atoms with E-state index in [2.05, 4.69) is 34.5 Å². The van der Waals surface area contributed by atoms with E-state index in [4.69, 9.17) is 10.5 Å². The summed E-state index contributed by atoms with van der Waals surface area (Å²) < 4.78 is 7.22. The maximum atomic E-state index is 6.19. The van der Waals surface area contributed by atoms with Crippen molar-refractivity contribution in [3.63, 3.8) is 0 Å². The van der Waals surface area contributed by atoms with Gasteiger partial charge < -0.3 is 10.5 Å². The molecule has 3 nitrogen and oxygen atoms in total. The van der Waals surface area contributed by atoms with Gasteiger partial charge in [-0.3, -0.25) is 4.98 Å². The van der Waals surface area contributed by atoms with Gasteiger partial charge in [-0.2, -0.15) is 0 Å². The highest BCUT2D eigenvalue weighted by Crippen LogP contribution is 2.26. The molecule has 2 N–H and O–H groups in total. The predicted octanol–water partition coefficient (Wildman–Crippen LogP) is 3.54. The molecule has 0 aliphatic rings. The van der Waals surface area contributed by atoms with E-state index >= 15 is 0 Å². The van der Waals surface area contributed by atoms with Crippen molar-refractivity contribution in [2.45, 2.75) is 25.5 Å². The number of nitrogens with zero attached hydrogens (tertiary/aromatic N) is 1. The first-order chi connectivity index (χ1) is 9.20. The van der Waals surface area contributed by atoms with E-state index in [1.807, 2.05) is 36.4 Å². The Hall–Kier alpha value is -1.14. The molecular formula is C15H17IN2O. The number of halogens is 1. The molecule has 0 aliphatic carbocycles. The summed E-state index contributed by atoms with van der Waals surface area (Å²) >= 11 is 2.27. The van der Waals surface area contributed by atoms with E-state index in [-0.39, 0.29) is 12.1 Å². The molecule has 2 unspecified atom stereocenters. The third-order valence-corrected chi connectivity index (χ3v) is 3.63. The summed E-state index contributed by atoms with van der Waals surface area (Å²) in [4.78, 5) is 4.04. The summed E-state index contributed by atoms with van der Waals surface area (Å²) in [5.41, 5.74) is 7.25. The number of aromatic nitrogens is 1. The largest absolute Gasteiger partial charge is 0.484 e. The second-order valence-corrected chi connectivity index (χ2v) is 5.59. The molecule has 2 atom stereocenters. The zero-order valence-corrected chi connectivity index (χ0v) is 12.9. The zero-order chi connectivity index (χ0) is 13.7. The Labute approximate surface area is 127 Å². The molecule has 0 aliphatic heterocycles. The van der Waals surface area contributed by atoms with Crippen LogP contribution < -0.4 is 10.5 Å². The van der Waals surface area contributed by atoms with Crippen molar-refractivity contribution in [2.24, 2.45) is 5.73 Å². The number of benzene rings is 1. The van der Waals surface area contributed by atoms with Gasteiger partial charge in [0.2, 0.25) is 0 Å². The summed E-state index contributed by atoms with van der Waals surface area (Å²) in [5, 5.41) is 0. The number of pyridine rings is 1. The molecule has 0 saturated heterocycles. The molecule has 1 heterocycles. The number of rotatable bonds is 5. The Kier molecular flexibility index (Phi) is 5.15. The summed E-state index contributed by atoms with van der Waals surface area (Å²) in [7, 11) is 0. The predicted molar refractivity (Wildman–Crippen MR) is 85.0 cm³/mol. The molecule has 0 bridgehead atoms. The third kappa shape index (κ3) is 3.91. The van der Waals surface area contributed by atoms with Gasteiger partial charge in [-0.15, -0.1) is 0 Å². The van der Waals surface area contributed by atoms with Crippen molar-refractivity contribution in [1.82, 2.24) is 4.98 Å². The second-order valence-electron chi connectivity index (χ2n) is 4.35. The second kappa shape index (κ2) is 6.86. The van der Waals surface area contributed by atoms with E-state index in [9.17, 15) is 0 Å². The monoisotopic (exact) mass is 368 g/mol. The van der Waals surface area contributed by atoms with Crippen LogP contribution in [0.25, 0.3) is 0 Å². The van der Waals surface area contributed by atoms with E-state index in [0.717, 1.165) is 21.3 Å². The fourth-order valence-corrected chi connectivity index (χ4v) is 2.37. The molecule has 2 rings (SSSR count). The minimum Gasteiger partial charge on any atom is -0.484 e. The number of hydrogen-bond acceptors (Lipinski definition) is 3. The topological polar surface area (TPSA) is 48.1 Å². The van der Waals surface area contributed by atoms with Crippen molar-refractivity contribution in [3.05, 3.63) is 57.9 Å². The normalized spacial score (nSPS) is 13.8. The van der Waals surface area contributed by atoms with Gasteiger partial charge in [0.1, 0.15) is 11.9 Å². The Morgan fingerprint density at radius 1 is 1.26 bits per heavy atom. The van der Waals surface area contributed by atoms with Gasteiger partial charge in [-0.05, 0) is 64.9 Å². The lowest BCUT2D eigenvalue weighted by molar-refractivity contribution is 0.171. The van der Waals surface area contributed by atoms with Gasteiger partial charge in [0, 0.05) is 22.0 Å². The van der Waals surface area contributed by atoms with Crippen LogP contribution in [0.2, 0.25) is 0 Å². The Balaban J connectivity index is 2.24. The maximum absolute atomic E-state index is 6.19. The first-order valence-corrected chi connectivity index (χ1v) is 7.36. The molecule has 2 aromatic rings. The van der Waals surface area contributed by atoms with Crippen LogP contribution in [0.1, 0.15) is 25.0 Å². The lowest BCUT2D eigenvalue weighted by Crippen LogP contribution is -2.31. The van der Waals surface area contributed by atoms with Crippen LogP contribution in [0.5, 0.6) is 5.75 Å². The SMILES string of the molecule is CCC(N)C(Oc1cccc(I)c1)c1ccncc1. The Bertz CT molecular complexity index is 519. The van der Waals surface area contributed by atoms with E-state index in [1.165, 1.54) is 0 Å². The third-order valence-electron chi connectivity index (χ3n) is 2.95. The van der Waals surface area contributed by atoms with Crippen LogP contribution in [0.3, 0.4) is 0 Å². The highest BCUT2D eigenvalue weighted by Gasteiger charge is 2.20. The quantitative estimate of drug-likeness (QED) is 0.822. The average molecular weight is 368 g/mol. The van der Waals surface area contributed by atoms with Crippen LogP contribution in [0.15, 0.2) is 48.8 Å². The fraction of sp³-hybridized carbons (Fsp3) is 0.267. The highest BCUT2D eigenvalue weighted by atomic mass is 127. The van der Waals surface area contributed by atoms with Crippen molar-refractivity contribution in [2.75, 3.05) is 0 Å². The molecular weight excluding hydrogens is 351 g/mol. The molecule has 0 radical (unpaired) electrons. The van der Waals surface area contributed by atoms with E-state index in [0.29, 0.717) is 0 Å². The van der Waals surface area contributed by atoms with Gasteiger partial charge in [0.05, 0.1) is 0 Å². The molecule has 100 valence electrons. The molecule has 0 spiro atoms. The molecule has 0 amide bonds. The first kappa shape index (κ1) is 14.3. The standard InChI is InChI=1S/C15H17IN2O/c1-2-14(17)15(11-6-8-18-9-7-11)19-13-5-3-4-12(16)10-13/h3-10,14-15H,2,17H2,1H3. The maximum Gasteiger partial charge on any atom is 0.139 e. The van der Waals surface area contributed by atoms with E-state index < -0.39 is 0 Å². The lowest BCUT2D eigenvalue weighted by atomic mass is 10.0. The minimum absolute atomic E-state index is 0.0414. The van der Waals surface area contributed by atoms with Gasteiger partial charge >= 0.3 is 0 Å². The molecule has 0 saturated carbocycles. The summed E-state index contributed by atoms with van der Waals surface area (Å²) in [5.74, 6) is 0.845. The number of nitrogens with two attached hydrogens (primary N) is 1. The van der Waals surface area contributed by atoms with Crippen LogP contribution >= 0.6 is 22.6 Å². The van der Waals surface area contributed by atoms with Crippen molar-refractivity contribution < 1.29 is 4.74 Å². The fourth-order valence-electron chi connectivity index (χ4n) is 1.86. The van der Waals surface area contributed by atoms with Crippen LogP contribution in [-0.4, -0.2) is 11.0 Å². The van der Waals surface area contributed by atoms with Crippen LogP contribution in [0.4, 0.5) is 0 Å². The summed E-state index contributed by atoms with van der Waals surface area (Å²) in [6.07, 6.45) is 4.24. The zero-order valence-electron chi connectivity index (χ0n) is 10.8. The molecule has 4 heteroatoms. The van der Waals surface area contributed by atoms with Gasteiger partial charge in [-0.1, -0.05) is 13.0 Å². The van der Waals surface area contributed by atoms with Gasteiger partial charge in [0.15, 0.2) is 0 Å². The van der Waals surface area contributed by atoms with E-state index in [1.54, 1.807) is 12.4 Å². The molecule has 1 aromatic carbocycles. The average Bonchev–Trinajstić information content (AvgIpc) is 2.45. The number of ether oxygens (including phenoxy) is 1. The highest BCUT2D eigenvalue weighted by molar-refractivity contribution is 14.1. The van der Waals surface area contributed by atoms with Crippen molar-refractivity contribution in [3.8, 4) is 5.75 Å². The molecule has 0 fully saturated rings. The first-order valence-electron chi connectivity index (χ1n) is 6.28. The van der Waals surface area contributed by atoms with Crippen LogP contribution in [-0.2, 0) is 0 Å². The van der Waals surface area contributed by atoms with Crippen LogP contribution in [0, 0.1) is 3.57 Å².